The number of carbonyl (C=O) groups excluding carboxylic acids is 1. The van der Waals surface area contributed by atoms with Gasteiger partial charge in [0, 0.05) is 61.7 Å². The quantitative estimate of drug-likeness (QED) is 0.290. The summed E-state index contributed by atoms with van der Waals surface area (Å²) in [6.07, 6.45) is 5.63. The summed E-state index contributed by atoms with van der Waals surface area (Å²) >= 11 is 12.5. The van der Waals surface area contributed by atoms with E-state index in [4.69, 9.17) is 23.2 Å². The van der Waals surface area contributed by atoms with Crippen LogP contribution in [0.25, 0.3) is 11.3 Å². The van der Waals surface area contributed by atoms with Crippen molar-refractivity contribution in [3.05, 3.63) is 94.6 Å². The van der Waals surface area contributed by atoms with Gasteiger partial charge < -0.3 is 10.2 Å². The van der Waals surface area contributed by atoms with E-state index in [1.807, 2.05) is 42.5 Å². The topological polar surface area (TPSA) is 59.7 Å². The van der Waals surface area contributed by atoms with Gasteiger partial charge in [-0.2, -0.15) is 0 Å². The Morgan fingerprint density at radius 3 is 2.47 bits per heavy atom. The maximum atomic E-state index is 12.4. The number of pyridine rings is 1. The molecule has 6 nitrogen and oxygen atoms in total. The smallest absolute Gasteiger partial charge is 0.264 e. The van der Waals surface area contributed by atoms with Crippen LogP contribution >= 0.6 is 23.2 Å². The molecule has 176 valence electrons. The number of halogens is 2. The maximum absolute atomic E-state index is 12.4. The van der Waals surface area contributed by atoms with Crippen LogP contribution in [0.5, 0.6) is 0 Å². The normalized spacial score (nSPS) is 14.5. The Kier molecular flexibility index (Phi) is 8.06. The average Bonchev–Trinajstić information content (AvgIpc) is 2.86. The number of hydrogen-bond acceptors (Lipinski definition) is 4. The summed E-state index contributed by atoms with van der Waals surface area (Å²) in [7, 11) is 0. The number of piperazine rings is 1. The SMILES string of the molecule is O=C(NCC=CCN1CCN(c2cccc(Cl)c2Cl)CC1)c1ccc(-c2cccc[n+]2O)cc1. The molecule has 0 atom stereocenters. The second-order valence-electron chi connectivity index (χ2n) is 8.05. The molecule has 2 heterocycles. The number of benzene rings is 2. The summed E-state index contributed by atoms with van der Waals surface area (Å²) < 4.78 is 1.06. The van der Waals surface area contributed by atoms with Gasteiger partial charge in [0.05, 0.1) is 21.3 Å². The van der Waals surface area contributed by atoms with Gasteiger partial charge in [-0.1, -0.05) is 41.4 Å². The molecular weight excluding hydrogens is 471 g/mol. The Labute approximate surface area is 209 Å². The number of aromatic nitrogens is 1. The van der Waals surface area contributed by atoms with Crippen LogP contribution in [0.4, 0.5) is 5.69 Å². The Hall–Kier alpha value is -3.06. The minimum absolute atomic E-state index is 0.131. The third-order valence-electron chi connectivity index (χ3n) is 5.84. The predicted octanol–water partition coefficient (Wildman–Crippen LogP) is 4.29. The van der Waals surface area contributed by atoms with Crippen molar-refractivity contribution in [1.29, 1.82) is 0 Å². The number of carbonyl (C=O) groups is 1. The molecule has 1 aliphatic heterocycles. The van der Waals surface area contributed by atoms with Gasteiger partial charge in [-0.05, 0) is 42.5 Å². The highest BCUT2D eigenvalue weighted by Gasteiger charge is 2.19. The Morgan fingerprint density at radius 1 is 0.971 bits per heavy atom. The van der Waals surface area contributed by atoms with Gasteiger partial charge >= 0.3 is 0 Å². The molecule has 1 saturated heterocycles. The second kappa shape index (κ2) is 11.4. The van der Waals surface area contributed by atoms with Crippen LogP contribution in [-0.2, 0) is 0 Å². The van der Waals surface area contributed by atoms with Gasteiger partial charge in [0.25, 0.3) is 11.6 Å². The second-order valence-corrected chi connectivity index (χ2v) is 8.83. The van der Waals surface area contributed by atoms with Crippen molar-refractivity contribution in [2.24, 2.45) is 0 Å². The van der Waals surface area contributed by atoms with Crippen LogP contribution in [0.3, 0.4) is 0 Å². The molecule has 1 aromatic heterocycles. The lowest BCUT2D eigenvalue weighted by atomic mass is 10.1. The van der Waals surface area contributed by atoms with Gasteiger partial charge in [-0.25, -0.2) is 0 Å². The molecule has 4 rings (SSSR count). The fraction of sp³-hybridized carbons (Fsp3) is 0.231. The Bertz CT molecular complexity index is 1160. The lowest BCUT2D eigenvalue weighted by Crippen LogP contribution is -2.46. The van der Waals surface area contributed by atoms with Crippen LogP contribution < -0.4 is 14.9 Å². The Morgan fingerprint density at radius 2 is 1.74 bits per heavy atom. The fourth-order valence-corrected chi connectivity index (χ4v) is 4.34. The lowest BCUT2D eigenvalue weighted by molar-refractivity contribution is -0.896. The van der Waals surface area contributed by atoms with Crippen molar-refractivity contribution in [2.45, 2.75) is 0 Å². The van der Waals surface area contributed by atoms with Crippen LogP contribution in [0, 0.1) is 0 Å². The first-order valence-electron chi connectivity index (χ1n) is 11.2. The van der Waals surface area contributed by atoms with Gasteiger partial charge in [0.2, 0.25) is 6.20 Å². The third kappa shape index (κ3) is 5.89. The lowest BCUT2D eigenvalue weighted by Gasteiger charge is -2.36. The van der Waals surface area contributed by atoms with Crippen molar-refractivity contribution in [3.63, 3.8) is 0 Å². The number of hydrogen-bond donors (Lipinski definition) is 2. The summed E-state index contributed by atoms with van der Waals surface area (Å²) in [6, 6.07) is 18.3. The Balaban J connectivity index is 1.20. The van der Waals surface area contributed by atoms with Gasteiger partial charge in [0.1, 0.15) is 0 Å². The zero-order valence-electron chi connectivity index (χ0n) is 18.7. The highest BCUT2D eigenvalue weighted by molar-refractivity contribution is 6.43. The van der Waals surface area contributed by atoms with E-state index in [1.54, 1.807) is 30.5 Å². The number of rotatable bonds is 7. The number of nitrogens with zero attached hydrogens (tertiary/aromatic N) is 3. The van der Waals surface area contributed by atoms with E-state index in [2.05, 4.69) is 21.2 Å². The maximum Gasteiger partial charge on any atom is 0.264 e. The molecule has 0 spiro atoms. The highest BCUT2D eigenvalue weighted by Crippen LogP contribution is 2.32. The third-order valence-corrected chi connectivity index (χ3v) is 6.65. The van der Waals surface area contributed by atoms with Crippen molar-refractivity contribution in [3.8, 4) is 11.3 Å². The molecule has 1 amide bonds. The summed E-state index contributed by atoms with van der Waals surface area (Å²) in [5.74, 6) is -0.131. The summed E-state index contributed by atoms with van der Waals surface area (Å²) in [5, 5.41) is 14.0. The van der Waals surface area contributed by atoms with E-state index in [-0.39, 0.29) is 5.91 Å². The van der Waals surface area contributed by atoms with Crippen LogP contribution in [0.2, 0.25) is 10.0 Å². The molecule has 3 aromatic rings. The predicted molar refractivity (Wildman–Crippen MR) is 136 cm³/mol. The zero-order valence-corrected chi connectivity index (χ0v) is 20.2. The van der Waals surface area contributed by atoms with E-state index >= 15 is 0 Å². The van der Waals surface area contributed by atoms with Gasteiger partial charge in [-0.15, -0.1) is 0 Å². The first kappa shape index (κ1) is 24.1. The molecule has 0 unspecified atom stereocenters. The molecule has 1 aliphatic rings. The minimum atomic E-state index is -0.131. The van der Waals surface area contributed by atoms with E-state index in [0.717, 1.165) is 48.7 Å². The number of amides is 1. The van der Waals surface area contributed by atoms with Crippen molar-refractivity contribution < 1.29 is 14.7 Å². The molecule has 2 N–H and O–H groups in total. The average molecular weight is 498 g/mol. The molecular formula is C26H27Cl2N4O2+. The molecule has 1 fully saturated rings. The van der Waals surface area contributed by atoms with Gasteiger partial charge in [0.15, 0.2) is 0 Å². The summed E-state index contributed by atoms with van der Waals surface area (Å²) in [4.78, 5) is 17.0. The van der Waals surface area contributed by atoms with Gasteiger partial charge in [-0.3, -0.25) is 14.9 Å². The molecule has 34 heavy (non-hydrogen) atoms. The molecule has 0 radical (unpaired) electrons. The molecule has 0 aliphatic carbocycles. The van der Waals surface area contributed by atoms with Crippen LogP contribution in [0.15, 0.2) is 79.0 Å². The van der Waals surface area contributed by atoms with E-state index in [0.29, 0.717) is 27.8 Å². The largest absolute Gasteiger partial charge is 0.368 e. The van der Waals surface area contributed by atoms with Crippen molar-refractivity contribution in [2.75, 3.05) is 44.2 Å². The molecule has 0 saturated carbocycles. The monoisotopic (exact) mass is 497 g/mol. The van der Waals surface area contributed by atoms with E-state index in [9.17, 15) is 10.0 Å². The standard InChI is InChI=1S/C26H26Cl2N4O2/c27-22-6-5-8-24(25(22)28)31-18-16-30(17-19-31)14-4-2-13-29-26(33)21-11-9-20(10-12-21)23-7-1-3-15-32(23)34/h1-12,15H,13-14,16-19H2,(H-,29,33,34)/p+1. The summed E-state index contributed by atoms with van der Waals surface area (Å²) in [6.45, 7) is 4.94. The van der Waals surface area contributed by atoms with Crippen LogP contribution in [-0.4, -0.2) is 55.3 Å². The fourth-order valence-electron chi connectivity index (χ4n) is 3.92. The molecule has 0 bridgehead atoms. The van der Waals surface area contributed by atoms with Crippen LogP contribution in [0.1, 0.15) is 10.4 Å². The van der Waals surface area contributed by atoms with Crippen molar-refractivity contribution >= 4 is 34.8 Å². The molecule has 2 aromatic carbocycles. The molecule has 8 heteroatoms. The first-order valence-corrected chi connectivity index (χ1v) is 11.9. The minimum Gasteiger partial charge on any atom is -0.368 e. The number of anilines is 1. The summed E-state index contributed by atoms with van der Waals surface area (Å²) in [5.41, 5.74) is 3.05. The first-order chi connectivity index (χ1) is 16.5. The highest BCUT2D eigenvalue weighted by atomic mass is 35.5. The van der Waals surface area contributed by atoms with Crippen molar-refractivity contribution in [1.82, 2.24) is 10.2 Å². The number of nitrogens with one attached hydrogen (secondary N) is 1. The van der Waals surface area contributed by atoms with E-state index in [1.165, 1.54) is 0 Å². The van der Waals surface area contributed by atoms with E-state index < -0.39 is 0 Å². The zero-order chi connectivity index (χ0) is 23.9.